The number of fused-ring (bicyclic) bond motifs is 1. The summed E-state index contributed by atoms with van der Waals surface area (Å²) < 4.78 is 4.78. The van der Waals surface area contributed by atoms with Crippen molar-refractivity contribution in [3.63, 3.8) is 0 Å². The number of methoxy groups -OCH3 is 1. The van der Waals surface area contributed by atoms with Crippen LogP contribution in [0.2, 0.25) is 5.02 Å². The number of ether oxygens (including phenoxy) is 1. The predicted molar refractivity (Wildman–Crippen MR) is 73.2 cm³/mol. The lowest BCUT2D eigenvalue weighted by Crippen LogP contribution is -2.10. The van der Waals surface area contributed by atoms with Gasteiger partial charge in [-0.05, 0) is 42.7 Å². The van der Waals surface area contributed by atoms with Crippen LogP contribution in [0, 0.1) is 6.92 Å². The van der Waals surface area contributed by atoms with Crippen molar-refractivity contribution < 1.29 is 9.53 Å². The molecule has 18 heavy (non-hydrogen) atoms. The molecule has 1 unspecified atom stereocenters. The normalized spacial score (nSPS) is 12.4. The molecule has 3 heteroatoms. The van der Waals surface area contributed by atoms with Crippen molar-refractivity contribution in [2.45, 2.75) is 19.8 Å². The largest absolute Gasteiger partial charge is 0.469 e. The van der Waals surface area contributed by atoms with Gasteiger partial charge in [-0.15, -0.1) is 0 Å². The molecular weight excluding hydrogens is 248 g/mol. The number of carbonyl (C=O) groups is 1. The van der Waals surface area contributed by atoms with Crippen LogP contribution in [0.15, 0.2) is 30.3 Å². The Hall–Kier alpha value is -1.54. The molecule has 94 valence electrons. The number of hydrogen-bond donors (Lipinski definition) is 0. The van der Waals surface area contributed by atoms with Crippen LogP contribution in [0.1, 0.15) is 24.0 Å². The minimum absolute atomic E-state index is 0.241. The lowest BCUT2D eigenvalue weighted by molar-refractivity contribution is -0.141. The van der Waals surface area contributed by atoms with E-state index < -0.39 is 0 Å². The van der Waals surface area contributed by atoms with E-state index in [0.717, 1.165) is 22.3 Å². The first-order chi connectivity index (χ1) is 8.54. The zero-order valence-electron chi connectivity index (χ0n) is 10.7. The van der Waals surface area contributed by atoms with Gasteiger partial charge < -0.3 is 4.74 Å². The standard InChI is InChI=1S/C15H15ClO2/c1-9-4-5-11(10(2)15(17)18-3)8-13-12(9)6-7-14(13)16/h4-8,10H,1-3H3. The summed E-state index contributed by atoms with van der Waals surface area (Å²) in [6.45, 7) is 3.87. The third-order valence-electron chi connectivity index (χ3n) is 3.26. The highest BCUT2D eigenvalue weighted by molar-refractivity contribution is 6.33. The number of aryl methyl sites for hydroxylation is 1. The molecule has 0 bridgehead atoms. The van der Waals surface area contributed by atoms with E-state index >= 15 is 0 Å². The molecule has 2 nitrogen and oxygen atoms in total. The molecule has 2 rings (SSSR count). The fourth-order valence-electron chi connectivity index (χ4n) is 2.06. The van der Waals surface area contributed by atoms with Crippen molar-refractivity contribution in [2.75, 3.05) is 7.11 Å². The minimum Gasteiger partial charge on any atom is -0.469 e. The van der Waals surface area contributed by atoms with E-state index in [4.69, 9.17) is 16.3 Å². The first kappa shape index (κ1) is 12.9. The van der Waals surface area contributed by atoms with E-state index in [-0.39, 0.29) is 11.9 Å². The monoisotopic (exact) mass is 262 g/mol. The summed E-state index contributed by atoms with van der Waals surface area (Å²) in [6.07, 6.45) is 0. The molecule has 0 N–H and O–H groups in total. The second-order valence-electron chi connectivity index (χ2n) is 4.41. The van der Waals surface area contributed by atoms with Crippen LogP contribution in [-0.2, 0) is 9.53 Å². The maximum Gasteiger partial charge on any atom is 0.312 e. The first-order valence-corrected chi connectivity index (χ1v) is 6.19. The Labute approximate surface area is 112 Å². The highest BCUT2D eigenvalue weighted by Crippen LogP contribution is 2.35. The van der Waals surface area contributed by atoms with Gasteiger partial charge in [-0.2, -0.15) is 0 Å². The Balaban J connectivity index is 2.57. The van der Waals surface area contributed by atoms with E-state index in [0.29, 0.717) is 5.02 Å². The van der Waals surface area contributed by atoms with Gasteiger partial charge in [-0.25, -0.2) is 0 Å². The highest BCUT2D eigenvalue weighted by atomic mass is 35.5. The lowest BCUT2D eigenvalue weighted by Gasteiger charge is -2.08. The second-order valence-corrected chi connectivity index (χ2v) is 4.82. The highest BCUT2D eigenvalue weighted by Gasteiger charge is 2.18. The molecule has 0 radical (unpaired) electrons. The quantitative estimate of drug-likeness (QED) is 0.764. The Morgan fingerprint density at radius 1 is 1.22 bits per heavy atom. The summed E-state index contributed by atoms with van der Waals surface area (Å²) in [6, 6.07) is 9.80. The Morgan fingerprint density at radius 3 is 2.61 bits per heavy atom. The number of carbonyl (C=O) groups excluding carboxylic acids is 1. The molecule has 0 amide bonds. The summed E-state index contributed by atoms with van der Waals surface area (Å²) in [5.74, 6) is -0.536. The third-order valence-corrected chi connectivity index (χ3v) is 3.59. The van der Waals surface area contributed by atoms with Crippen molar-refractivity contribution in [3.05, 3.63) is 46.5 Å². The molecule has 0 fully saturated rings. The second kappa shape index (κ2) is 4.99. The average Bonchev–Trinajstić information content (AvgIpc) is 2.64. The molecule has 2 aliphatic rings. The van der Waals surface area contributed by atoms with Crippen molar-refractivity contribution in [1.29, 1.82) is 0 Å². The maximum absolute atomic E-state index is 11.6. The molecule has 0 aromatic carbocycles. The van der Waals surface area contributed by atoms with E-state index in [1.54, 1.807) is 0 Å². The van der Waals surface area contributed by atoms with Crippen LogP contribution in [0.25, 0.3) is 11.1 Å². The van der Waals surface area contributed by atoms with E-state index in [1.165, 1.54) is 7.11 Å². The van der Waals surface area contributed by atoms with Gasteiger partial charge in [0.05, 0.1) is 13.0 Å². The fourth-order valence-corrected chi connectivity index (χ4v) is 2.28. The summed E-state index contributed by atoms with van der Waals surface area (Å²) in [7, 11) is 1.40. The number of esters is 1. The molecule has 0 aliphatic heterocycles. The van der Waals surface area contributed by atoms with Crippen molar-refractivity contribution in [2.24, 2.45) is 0 Å². The molecule has 2 aliphatic carbocycles. The van der Waals surface area contributed by atoms with Crippen molar-refractivity contribution in [1.82, 2.24) is 0 Å². The zero-order chi connectivity index (χ0) is 13.3. The van der Waals surface area contributed by atoms with E-state index in [1.807, 2.05) is 44.2 Å². The van der Waals surface area contributed by atoms with Crippen LogP contribution in [0.3, 0.4) is 0 Å². The topological polar surface area (TPSA) is 26.3 Å². The summed E-state index contributed by atoms with van der Waals surface area (Å²) >= 11 is 6.18. The van der Waals surface area contributed by atoms with Gasteiger partial charge in [-0.1, -0.05) is 29.8 Å². The summed E-state index contributed by atoms with van der Waals surface area (Å²) in [5, 5.41) is 0.711. The molecule has 1 atom stereocenters. The van der Waals surface area contributed by atoms with E-state index in [9.17, 15) is 4.79 Å². The average molecular weight is 263 g/mol. The molecule has 0 spiro atoms. The maximum atomic E-state index is 11.6. The van der Waals surface area contributed by atoms with Gasteiger partial charge >= 0.3 is 5.97 Å². The van der Waals surface area contributed by atoms with Crippen LogP contribution in [-0.4, -0.2) is 13.1 Å². The molecular formula is C15H15ClO2. The summed E-state index contributed by atoms with van der Waals surface area (Å²) in [5.41, 5.74) is 4.14. The smallest absolute Gasteiger partial charge is 0.312 e. The molecule has 0 heterocycles. The van der Waals surface area contributed by atoms with Crippen LogP contribution in [0.5, 0.6) is 0 Å². The Morgan fingerprint density at radius 2 is 1.94 bits per heavy atom. The number of rotatable bonds is 2. The van der Waals surface area contributed by atoms with Gasteiger partial charge in [0, 0.05) is 10.6 Å². The lowest BCUT2D eigenvalue weighted by atomic mass is 10.0. The number of hydrogen-bond acceptors (Lipinski definition) is 2. The minimum atomic E-state index is -0.295. The van der Waals surface area contributed by atoms with Gasteiger partial charge in [-0.3, -0.25) is 4.79 Å². The zero-order valence-corrected chi connectivity index (χ0v) is 11.4. The van der Waals surface area contributed by atoms with Crippen molar-refractivity contribution in [3.8, 4) is 11.1 Å². The van der Waals surface area contributed by atoms with Gasteiger partial charge in [0.2, 0.25) is 0 Å². The fraction of sp³-hybridized carbons (Fsp3) is 0.267. The van der Waals surface area contributed by atoms with Crippen molar-refractivity contribution >= 4 is 17.6 Å². The SMILES string of the molecule is COC(=O)C(C)c1ccc(C)c2ccc(Cl)c-2c1. The van der Waals surface area contributed by atoms with Crippen LogP contribution >= 0.6 is 11.6 Å². The first-order valence-electron chi connectivity index (χ1n) is 5.81. The third kappa shape index (κ3) is 2.21. The van der Waals surface area contributed by atoms with Crippen LogP contribution in [0.4, 0.5) is 0 Å². The van der Waals surface area contributed by atoms with Gasteiger partial charge in [0.1, 0.15) is 0 Å². The molecule has 0 aromatic heterocycles. The van der Waals surface area contributed by atoms with Crippen LogP contribution < -0.4 is 0 Å². The molecule has 0 saturated carbocycles. The molecule has 0 aromatic rings. The van der Waals surface area contributed by atoms with Gasteiger partial charge in [0.15, 0.2) is 0 Å². The summed E-state index contributed by atoms with van der Waals surface area (Å²) in [4.78, 5) is 11.6. The molecule has 0 saturated heterocycles. The van der Waals surface area contributed by atoms with E-state index in [2.05, 4.69) is 0 Å². The predicted octanol–water partition coefficient (Wildman–Crippen LogP) is 4.03. The van der Waals surface area contributed by atoms with Gasteiger partial charge in [0.25, 0.3) is 0 Å². The number of halogens is 1. The Kier molecular flexibility index (Phi) is 3.58. The Bertz CT molecular complexity index is 563.